The van der Waals surface area contributed by atoms with Gasteiger partial charge in [0.2, 0.25) is 0 Å². The van der Waals surface area contributed by atoms with Crippen molar-refractivity contribution in [3.63, 3.8) is 0 Å². The molecule has 4 nitrogen and oxygen atoms in total. The first-order valence-electron chi connectivity index (χ1n) is 6.75. The van der Waals surface area contributed by atoms with Crippen molar-refractivity contribution in [1.82, 2.24) is 10.6 Å². The van der Waals surface area contributed by atoms with Crippen molar-refractivity contribution < 1.29 is 9.59 Å². The van der Waals surface area contributed by atoms with Crippen LogP contribution >= 0.6 is 0 Å². The Hall–Kier alpha value is -1.84. The van der Waals surface area contributed by atoms with E-state index in [2.05, 4.69) is 17.6 Å². The van der Waals surface area contributed by atoms with Crippen LogP contribution in [-0.4, -0.2) is 18.0 Å². The Morgan fingerprint density at radius 1 is 1.16 bits per heavy atom. The summed E-state index contributed by atoms with van der Waals surface area (Å²) in [6, 6.07) is 6.81. The molecule has 2 N–H and O–H groups in total. The molecule has 0 radical (unpaired) electrons. The van der Waals surface area contributed by atoms with Gasteiger partial charge in [0.1, 0.15) is 0 Å². The molecule has 0 spiro atoms. The van der Waals surface area contributed by atoms with Crippen molar-refractivity contribution in [2.75, 3.05) is 0 Å². The van der Waals surface area contributed by atoms with Crippen molar-refractivity contribution in [2.45, 2.75) is 46.1 Å². The molecule has 1 aromatic carbocycles. The van der Waals surface area contributed by atoms with E-state index in [4.69, 9.17) is 0 Å². The van der Waals surface area contributed by atoms with E-state index < -0.39 is 6.03 Å². The monoisotopic (exact) mass is 262 g/mol. The quantitative estimate of drug-likeness (QED) is 0.857. The fourth-order valence-corrected chi connectivity index (χ4v) is 1.83. The molecule has 19 heavy (non-hydrogen) atoms. The number of carbonyl (C=O) groups excluding carboxylic acids is 2. The molecule has 0 fully saturated rings. The van der Waals surface area contributed by atoms with Crippen molar-refractivity contribution in [1.29, 1.82) is 0 Å². The van der Waals surface area contributed by atoms with Crippen LogP contribution in [0, 0.1) is 6.92 Å². The van der Waals surface area contributed by atoms with E-state index >= 15 is 0 Å². The van der Waals surface area contributed by atoms with E-state index in [1.54, 1.807) is 12.1 Å². The molecule has 1 aromatic rings. The smallest absolute Gasteiger partial charge is 0.321 e. The average molecular weight is 262 g/mol. The molecule has 0 aromatic heterocycles. The zero-order valence-electron chi connectivity index (χ0n) is 11.8. The molecule has 0 saturated carbocycles. The summed E-state index contributed by atoms with van der Waals surface area (Å²) >= 11 is 0. The van der Waals surface area contributed by atoms with Gasteiger partial charge in [-0.15, -0.1) is 0 Å². The van der Waals surface area contributed by atoms with Crippen LogP contribution in [0.25, 0.3) is 0 Å². The van der Waals surface area contributed by atoms with Gasteiger partial charge in [-0.3, -0.25) is 10.1 Å². The Bertz CT molecular complexity index is 426. The van der Waals surface area contributed by atoms with Crippen LogP contribution in [-0.2, 0) is 0 Å². The second-order valence-electron chi connectivity index (χ2n) is 4.69. The third-order valence-electron chi connectivity index (χ3n) is 3.01. The van der Waals surface area contributed by atoms with Gasteiger partial charge in [-0.1, -0.05) is 38.0 Å². The van der Waals surface area contributed by atoms with Crippen LogP contribution in [0.1, 0.15) is 49.0 Å². The summed E-state index contributed by atoms with van der Waals surface area (Å²) in [6.07, 6.45) is 2.79. The van der Waals surface area contributed by atoms with E-state index in [9.17, 15) is 9.59 Å². The summed E-state index contributed by atoms with van der Waals surface area (Å²) in [7, 11) is 0. The first-order valence-corrected chi connectivity index (χ1v) is 6.75. The lowest BCUT2D eigenvalue weighted by atomic mass is 10.1. The van der Waals surface area contributed by atoms with Crippen molar-refractivity contribution in [3.8, 4) is 0 Å². The number of urea groups is 1. The minimum absolute atomic E-state index is 0.121. The number of hydrogen-bond donors (Lipinski definition) is 2. The van der Waals surface area contributed by atoms with Crippen LogP contribution in [0.2, 0.25) is 0 Å². The Labute approximate surface area is 114 Å². The molecule has 3 amide bonds. The second kappa shape index (κ2) is 7.56. The van der Waals surface area contributed by atoms with Gasteiger partial charge in [0.15, 0.2) is 0 Å². The molecule has 104 valence electrons. The maximum Gasteiger partial charge on any atom is 0.321 e. The highest BCUT2D eigenvalue weighted by Crippen LogP contribution is 2.03. The van der Waals surface area contributed by atoms with Crippen LogP contribution in [0.4, 0.5) is 4.79 Å². The van der Waals surface area contributed by atoms with E-state index in [0.29, 0.717) is 5.56 Å². The van der Waals surface area contributed by atoms with Crippen LogP contribution < -0.4 is 10.6 Å². The fraction of sp³-hybridized carbons (Fsp3) is 0.467. The van der Waals surface area contributed by atoms with Crippen molar-refractivity contribution >= 4 is 11.9 Å². The van der Waals surface area contributed by atoms with E-state index in [-0.39, 0.29) is 11.9 Å². The van der Waals surface area contributed by atoms with Crippen LogP contribution in [0.15, 0.2) is 24.3 Å². The topological polar surface area (TPSA) is 58.2 Å². The van der Waals surface area contributed by atoms with Gasteiger partial charge in [-0.25, -0.2) is 4.79 Å². The standard InChI is InChI=1S/C15H22N2O2/c1-4-6-13(5-2)16-15(19)17-14(18)12-9-7-11(3)8-10-12/h7-10,13H,4-6H2,1-3H3,(H2,16,17,18,19). The number of hydrogen-bond acceptors (Lipinski definition) is 2. The van der Waals surface area contributed by atoms with Gasteiger partial charge in [-0.05, 0) is 31.9 Å². The Morgan fingerprint density at radius 3 is 2.32 bits per heavy atom. The van der Waals surface area contributed by atoms with Gasteiger partial charge < -0.3 is 5.32 Å². The van der Waals surface area contributed by atoms with Crippen molar-refractivity contribution in [3.05, 3.63) is 35.4 Å². The third kappa shape index (κ3) is 5.12. The van der Waals surface area contributed by atoms with Gasteiger partial charge in [-0.2, -0.15) is 0 Å². The highest BCUT2D eigenvalue weighted by molar-refractivity contribution is 6.04. The Morgan fingerprint density at radius 2 is 1.79 bits per heavy atom. The largest absolute Gasteiger partial charge is 0.335 e. The predicted octanol–water partition coefficient (Wildman–Crippen LogP) is 3.01. The third-order valence-corrected chi connectivity index (χ3v) is 3.01. The summed E-state index contributed by atoms with van der Waals surface area (Å²) in [5.41, 5.74) is 1.57. The molecule has 0 heterocycles. The molecule has 0 bridgehead atoms. The fourth-order valence-electron chi connectivity index (χ4n) is 1.83. The van der Waals surface area contributed by atoms with E-state index in [1.165, 1.54) is 0 Å². The molecule has 1 atom stereocenters. The normalized spacial score (nSPS) is 11.7. The maximum absolute atomic E-state index is 11.8. The number of nitrogens with one attached hydrogen (secondary N) is 2. The van der Waals surface area contributed by atoms with Gasteiger partial charge in [0, 0.05) is 11.6 Å². The molecular weight excluding hydrogens is 240 g/mol. The lowest BCUT2D eigenvalue weighted by Crippen LogP contribution is -2.44. The second-order valence-corrected chi connectivity index (χ2v) is 4.69. The van der Waals surface area contributed by atoms with Crippen LogP contribution in [0.3, 0.4) is 0 Å². The van der Waals surface area contributed by atoms with E-state index in [0.717, 1.165) is 24.8 Å². The number of rotatable bonds is 5. The minimum Gasteiger partial charge on any atom is -0.335 e. The molecule has 0 aliphatic carbocycles. The van der Waals surface area contributed by atoms with Gasteiger partial charge in [0.25, 0.3) is 5.91 Å². The summed E-state index contributed by atoms with van der Waals surface area (Å²) in [6.45, 7) is 6.03. The van der Waals surface area contributed by atoms with E-state index in [1.807, 2.05) is 26.0 Å². The molecule has 4 heteroatoms. The number of aryl methyl sites for hydroxylation is 1. The lowest BCUT2D eigenvalue weighted by molar-refractivity contribution is 0.0963. The lowest BCUT2D eigenvalue weighted by Gasteiger charge is -2.16. The van der Waals surface area contributed by atoms with Crippen molar-refractivity contribution in [2.24, 2.45) is 0 Å². The number of imide groups is 1. The summed E-state index contributed by atoms with van der Waals surface area (Å²) in [5.74, 6) is -0.371. The SMILES string of the molecule is CCCC(CC)NC(=O)NC(=O)c1ccc(C)cc1. The van der Waals surface area contributed by atoms with Crippen LogP contribution in [0.5, 0.6) is 0 Å². The highest BCUT2D eigenvalue weighted by atomic mass is 16.2. The number of amides is 3. The molecule has 0 aliphatic rings. The minimum atomic E-state index is -0.425. The Balaban J connectivity index is 2.52. The zero-order chi connectivity index (χ0) is 14.3. The summed E-state index contributed by atoms with van der Waals surface area (Å²) in [4.78, 5) is 23.5. The first-order chi connectivity index (χ1) is 9.06. The Kier molecular flexibility index (Phi) is 6.06. The molecule has 0 aliphatic heterocycles. The molecule has 1 unspecified atom stereocenters. The predicted molar refractivity (Wildman–Crippen MR) is 76.2 cm³/mol. The molecule has 1 rings (SSSR count). The average Bonchev–Trinajstić information content (AvgIpc) is 2.38. The molecular formula is C15H22N2O2. The highest BCUT2D eigenvalue weighted by Gasteiger charge is 2.13. The first kappa shape index (κ1) is 15.2. The summed E-state index contributed by atoms with van der Waals surface area (Å²) in [5, 5.41) is 5.16. The molecule has 0 saturated heterocycles. The van der Waals surface area contributed by atoms with Gasteiger partial charge in [0.05, 0.1) is 0 Å². The zero-order valence-corrected chi connectivity index (χ0v) is 11.8. The number of benzene rings is 1. The number of carbonyl (C=O) groups is 2. The van der Waals surface area contributed by atoms with Gasteiger partial charge >= 0.3 is 6.03 Å². The maximum atomic E-state index is 11.8. The summed E-state index contributed by atoms with van der Waals surface area (Å²) < 4.78 is 0.